The quantitative estimate of drug-likeness (QED) is 0.356. The van der Waals surface area contributed by atoms with E-state index in [1.807, 2.05) is 11.8 Å². The lowest BCUT2D eigenvalue weighted by molar-refractivity contribution is -0.130. The summed E-state index contributed by atoms with van der Waals surface area (Å²) in [5.74, 6) is 0.912. The van der Waals surface area contributed by atoms with Gasteiger partial charge in [0.2, 0.25) is 15.9 Å². The molecule has 1 N–H and O–H groups in total. The number of hydrogen-bond donors (Lipinski definition) is 1. The fraction of sp³-hybridized carbons (Fsp3) is 0.556. The summed E-state index contributed by atoms with van der Waals surface area (Å²) < 4.78 is 25.5. The number of nitrogens with one attached hydrogen (secondary N) is 1. The summed E-state index contributed by atoms with van der Waals surface area (Å²) in [6.07, 6.45) is 0. The minimum absolute atomic E-state index is 0. The highest BCUT2D eigenvalue weighted by molar-refractivity contribution is 14.0. The first-order valence-electron chi connectivity index (χ1n) is 9.06. The van der Waals surface area contributed by atoms with Gasteiger partial charge in [0.05, 0.1) is 11.4 Å². The van der Waals surface area contributed by atoms with E-state index in [-0.39, 0.29) is 34.8 Å². The normalized spacial score (nSPS) is 15.4. The molecule has 1 saturated heterocycles. The zero-order valence-electron chi connectivity index (χ0n) is 16.9. The first-order chi connectivity index (χ1) is 12.8. The summed E-state index contributed by atoms with van der Waals surface area (Å²) in [5.41, 5.74) is 0.936. The van der Waals surface area contributed by atoms with Crippen molar-refractivity contribution in [3.8, 4) is 0 Å². The Balaban J connectivity index is 0.00000392. The van der Waals surface area contributed by atoms with Gasteiger partial charge < -0.3 is 15.1 Å². The second-order valence-corrected chi connectivity index (χ2v) is 8.75. The van der Waals surface area contributed by atoms with Gasteiger partial charge in [0.25, 0.3) is 0 Å². The van der Waals surface area contributed by atoms with Gasteiger partial charge in [-0.2, -0.15) is 0 Å². The molecule has 1 fully saturated rings. The molecule has 1 aromatic carbocycles. The molecular weight excluding hydrogens is 493 g/mol. The lowest BCUT2D eigenvalue weighted by atomic mass is 10.2. The molecule has 10 heteroatoms. The molecule has 0 atom stereocenters. The first kappa shape index (κ1) is 24.6. The number of rotatable bonds is 5. The van der Waals surface area contributed by atoms with E-state index in [9.17, 15) is 13.2 Å². The minimum Gasteiger partial charge on any atom is -0.357 e. The van der Waals surface area contributed by atoms with Gasteiger partial charge >= 0.3 is 0 Å². The number of carbonyl (C=O) groups is 1. The molecule has 0 aromatic heterocycles. The molecule has 0 unspecified atom stereocenters. The molecule has 0 spiro atoms. The van der Waals surface area contributed by atoms with E-state index < -0.39 is 10.0 Å². The smallest absolute Gasteiger partial charge is 0.242 e. The molecule has 2 rings (SSSR count). The van der Waals surface area contributed by atoms with Crippen LogP contribution < -0.4 is 5.32 Å². The number of halogens is 1. The maximum absolute atomic E-state index is 12.1. The number of aliphatic imine (C=N–C) groups is 1. The van der Waals surface area contributed by atoms with E-state index in [0.29, 0.717) is 19.6 Å². The molecule has 1 heterocycles. The highest BCUT2D eigenvalue weighted by atomic mass is 127. The van der Waals surface area contributed by atoms with Crippen LogP contribution in [0.15, 0.2) is 34.2 Å². The van der Waals surface area contributed by atoms with Crippen LogP contribution in [0.1, 0.15) is 19.4 Å². The highest BCUT2D eigenvalue weighted by Gasteiger charge is 2.21. The van der Waals surface area contributed by atoms with Crippen molar-refractivity contribution in [3.05, 3.63) is 29.8 Å². The van der Waals surface area contributed by atoms with Crippen molar-refractivity contribution in [2.24, 2.45) is 4.99 Å². The van der Waals surface area contributed by atoms with Crippen molar-refractivity contribution >= 4 is 45.9 Å². The molecule has 1 aliphatic heterocycles. The van der Waals surface area contributed by atoms with Crippen molar-refractivity contribution in [1.82, 2.24) is 19.4 Å². The largest absolute Gasteiger partial charge is 0.357 e. The van der Waals surface area contributed by atoms with Crippen LogP contribution in [0, 0.1) is 0 Å². The average molecular weight is 523 g/mol. The Bertz CT molecular complexity index is 773. The Labute approximate surface area is 185 Å². The third-order valence-electron chi connectivity index (χ3n) is 4.47. The number of carbonyl (C=O) groups excluding carboxylic acids is 1. The molecule has 0 aliphatic carbocycles. The lowest BCUT2D eigenvalue weighted by Crippen LogP contribution is -2.53. The zero-order valence-corrected chi connectivity index (χ0v) is 20.0. The Morgan fingerprint density at radius 1 is 1.11 bits per heavy atom. The predicted molar refractivity (Wildman–Crippen MR) is 121 cm³/mol. The third-order valence-corrected chi connectivity index (χ3v) is 6.30. The van der Waals surface area contributed by atoms with Gasteiger partial charge in [-0.05, 0) is 24.6 Å². The molecule has 0 saturated carbocycles. The Morgan fingerprint density at radius 2 is 1.64 bits per heavy atom. The summed E-state index contributed by atoms with van der Waals surface area (Å²) >= 11 is 0. The topological polar surface area (TPSA) is 85.3 Å². The van der Waals surface area contributed by atoms with Gasteiger partial charge in [-0.25, -0.2) is 17.7 Å². The van der Waals surface area contributed by atoms with Crippen LogP contribution in [0.25, 0.3) is 0 Å². The molecular formula is C18H30IN5O3S. The summed E-state index contributed by atoms with van der Waals surface area (Å²) in [5, 5.41) is 3.29. The fourth-order valence-electron chi connectivity index (χ4n) is 2.80. The summed E-state index contributed by atoms with van der Waals surface area (Å²) in [6, 6.07) is 6.80. The van der Waals surface area contributed by atoms with Gasteiger partial charge in [0, 0.05) is 53.7 Å². The molecule has 1 aliphatic rings. The highest BCUT2D eigenvalue weighted by Crippen LogP contribution is 2.14. The SMILES string of the molecule is CCNC(=NCc1ccc(S(=O)(=O)N(C)C)cc1)N1CCN(C(C)=O)CC1.I. The molecule has 28 heavy (non-hydrogen) atoms. The third kappa shape index (κ3) is 6.31. The monoisotopic (exact) mass is 523 g/mol. The summed E-state index contributed by atoms with van der Waals surface area (Å²) in [7, 11) is -0.386. The number of benzene rings is 1. The first-order valence-corrected chi connectivity index (χ1v) is 10.5. The zero-order chi connectivity index (χ0) is 20.0. The maximum Gasteiger partial charge on any atom is 0.242 e. The van der Waals surface area contributed by atoms with Crippen molar-refractivity contribution in [3.63, 3.8) is 0 Å². The molecule has 158 valence electrons. The van der Waals surface area contributed by atoms with Crippen LogP contribution >= 0.6 is 24.0 Å². The Hall–Kier alpha value is -1.40. The van der Waals surface area contributed by atoms with Crippen LogP contribution in [0.5, 0.6) is 0 Å². The standard InChI is InChI=1S/C18H29N5O3S.HI/c1-5-19-18(23-12-10-22(11-13-23)15(2)24)20-14-16-6-8-17(9-7-16)27(25,26)21(3)4;/h6-9H,5,10-14H2,1-4H3,(H,19,20);1H. The summed E-state index contributed by atoms with van der Waals surface area (Å²) in [4.78, 5) is 20.4. The second kappa shape index (κ2) is 11.0. The van der Waals surface area contributed by atoms with Gasteiger partial charge in [-0.3, -0.25) is 4.79 Å². The van der Waals surface area contributed by atoms with Gasteiger partial charge in [0.1, 0.15) is 0 Å². The fourth-order valence-corrected chi connectivity index (χ4v) is 3.70. The van der Waals surface area contributed by atoms with Gasteiger partial charge in [-0.1, -0.05) is 12.1 Å². The Morgan fingerprint density at radius 3 is 2.11 bits per heavy atom. The number of nitrogens with zero attached hydrogens (tertiary/aromatic N) is 4. The predicted octanol–water partition coefficient (Wildman–Crippen LogP) is 1.18. The van der Waals surface area contributed by atoms with Crippen molar-refractivity contribution in [1.29, 1.82) is 0 Å². The number of amides is 1. The molecule has 1 aromatic rings. The number of guanidine groups is 1. The van der Waals surface area contributed by atoms with E-state index >= 15 is 0 Å². The number of piperazine rings is 1. The van der Waals surface area contributed by atoms with Crippen LogP contribution in [0.3, 0.4) is 0 Å². The molecule has 0 bridgehead atoms. The van der Waals surface area contributed by atoms with E-state index in [2.05, 4.69) is 15.2 Å². The van der Waals surface area contributed by atoms with Gasteiger partial charge in [0.15, 0.2) is 5.96 Å². The van der Waals surface area contributed by atoms with Crippen molar-refractivity contribution < 1.29 is 13.2 Å². The lowest BCUT2D eigenvalue weighted by Gasteiger charge is -2.36. The van der Waals surface area contributed by atoms with E-state index in [0.717, 1.165) is 31.2 Å². The van der Waals surface area contributed by atoms with Crippen molar-refractivity contribution in [2.75, 3.05) is 46.8 Å². The Kier molecular flexibility index (Phi) is 9.64. The second-order valence-electron chi connectivity index (χ2n) is 6.59. The van der Waals surface area contributed by atoms with Gasteiger partial charge in [-0.15, -0.1) is 24.0 Å². The van der Waals surface area contributed by atoms with E-state index in [4.69, 9.17) is 0 Å². The maximum atomic E-state index is 12.1. The van der Waals surface area contributed by atoms with E-state index in [1.165, 1.54) is 18.4 Å². The van der Waals surface area contributed by atoms with Crippen LogP contribution in [-0.2, 0) is 21.4 Å². The molecule has 0 radical (unpaired) electrons. The average Bonchev–Trinajstić information content (AvgIpc) is 2.65. The van der Waals surface area contributed by atoms with Crippen LogP contribution in [0.2, 0.25) is 0 Å². The summed E-state index contributed by atoms with van der Waals surface area (Å²) in [6.45, 7) is 7.69. The minimum atomic E-state index is -3.42. The molecule has 1 amide bonds. The van der Waals surface area contributed by atoms with Crippen LogP contribution in [-0.4, -0.2) is 81.2 Å². The van der Waals surface area contributed by atoms with E-state index in [1.54, 1.807) is 31.2 Å². The number of sulfonamides is 1. The van der Waals surface area contributed by atoms with Crippen molar-refractivity contribution in [2.45, 2.75) is 25.3 Å². The molecule has 8 nitrogen and oxygen atoms in total. The number of hydrogen-bond acceptors (Lipinski definition) is 4. The van der Waals surface area contributed by atoms with Crippen LogP contribution in [0.4, 0.5) is 0 Å².